The molecule has 98 valence electrons. The van der Waals surface area contributed by atoms with Gasteiger partial charge in [-0.15, -0.1) is 6.58 Å². The fraction of sp³-hybridized carbons (Fsp3) is 0.867. The van der Waals surface area contributed by atoms with E-state index in [2.05, 4.69) is 27.4 Å². The lowest BCUT2D eigenvalue weighted by Gasteiger charge is -1.95. The van der Waals surface area contributed by atoms with Crippen LogP contribution in [-0.4, -0.2) is 0 Å². The SMILES string of the molecule is C=CC.CC.CC.CC.CCCC(C)C. The van der Waals surface area contributed by atoms with E-state index in [0.717, 1.165) is 5.92 Å². The van der Waals surface area contributed by atoms with Crippen LogP contribution >= 0.6 is 0 Å². The van der Waals surface area contributed by atoms with Gasteiger partial charge in [0.25, 0.3) is 0 Å². The van der Waals surface area contributed by atoms with E-state index in [4.69, 9.17) is 0 Å². The Kier molecular flexibility index (Phi) is 132. The maximum atomic E-state index is 3.36. The van der Waals surface area contributed by atoms with Crippen molar-refractivity contribution in [2.45, 2.75) is 82.1 Å². The summed E-state index contributed by atoms with van der Waals surface area (Å²) < 4.78 is 0. The molecule has 0 aromatic carbocycles. The van der Waals surface area contributed by atoms with E-state index < -0.39 is 0 Å². The van der Waals surface area contributed by atoms with E-state index in [1.807, 2.05) is 48.5 Å². The molecule has 0 fully saturated rings. The highest BCUT2D eigenvalue weighted by Gasteiger charge is 1.85. The minimum Gasteiger partial charge on any atom is -0.103 e. The summed E-state index contributed by atoms with van der Waals surface area (Å²) in [7, 11) is 0. The fourth-order valence-electron chi connectivity index (χ4n) is 0.577. The minimum absolute atomic E-state index is 0.898. The molecule has 0 spiro atoms. The molecule has 0 bridgehead atoms. The second-order valence-electron chi connectivity index (χ2n) is 2.59. The summed E-state index contributed by atoms with van der Waals surface area (Å²) >= 11 is 0. The third-order valence-corrected chi connectivity index (χ3v) is 0.866. The predicted molar refractivity (Wildman–Crippen MR) is 79.7 cm³/mol. The number of hydrogen-bond acceptors (Lipinski definition) is 0. The minimum atomic E-state index is 0.898. The van der Waals surface area contributed by atoms with E-state index in [1.165, 1.54) is 12.8 Å². The third-order valence-electron chi connectivity index (χ3n) is 0.866. The molecule has 0 aliphatic rings. The molecule has 0 nitrogen and oxygen atoms in total. The second-order valence-corrected chi connectivity index (χ2v) is 2.59. The van der Waals surface area contributed by atoms with Crippen molar-refractivity contribution >= 4 is 0 Å². The van der Waals surface area contributed by atoms with Crippen LogP contribution < -0.4 is 0 Å². The molecule has 0 heteroatoms. The predicted octanol–water partition coefficient (Wildman–Crippen LogP) is 6.71. The van der Waals surface area contributed by atoms with Crippen LogP contribution in [0.15, 0.2) is 12.7 Å². The molecular formula is C15H38. The van der Waals surface area contributed by atoms with Gasteiger partial charge in [0, 0.05) is 0 Å². The molecule has 0 saturated heterocycles. The Balaban J connectivity index is -0.0000000318. The van der Waals surface area contributed by atoms with Crippen molar-refractivity contribution in [3.63, 3.8) is 0 Å². The molecule has 0 rings (SSSR count). The van der Waals surface area contributed by atoms with E-state index in [9.17, 15) is 0 Å². The first-order chi connectivity index (χ1) is 7.18. The monoisotopic (exact) mass is 218 g/mol. The molecule has 0 heterocycles. The second kappa shape index (κ2) is 67.7. The maximum absolute atomic E-state index is 3.36. The van der Waals surface area contributed by atoms with Crippen LogP contribution in [0.25, 0.3) is 0 Å². The topological polar surface area (TPSA) is 0 Å². The Morgan fingerprint density at radius 3 is 1.13 bits per heavy atom. The van der Waals surface area contributed by atoms with Crippen molar-refractivity contribution in [2.75, 3.05) is 0 Å². The van der Waals surface area contributed by atoms with Crippen molar-refractivity contribution in [2.24, 2.45) is 5.92 Å². The van der Waals surface area contributed by atoms with Gasteiger partial charge in [0.2, 0.25) is 0 Å². The molecule has 0 aliphatic carbocycles. The zero-order chi connectivity index (χ0) is 13.7. The normalized spacial score (nSPS) is 6.07. The van der Waals surface area contributed by atoms with Gasteiger partial charge in [-0.05, 0) is 12.8 Å². The molecule has 0 saturated carbocycles. The molecule has 0 unspecified atom stereocenters. The van der Waals surface area contributed by atoms with Crippen LogP contribution in [0.1, 0.15) is 82.1 Å². The molecule has 0 radical (unpaired) electrons. The highest BCUT2D eigenvalue weighted by atomic mass is 13.9. The Hall–Kier alpha value is -0.260. The Morgan fingerprint density at radius 2 is 1.13 bits per heavy atom. The first-order valence-electron chi connectivity index (χ1n) is 6.76. The molecule has 0 aromatic heterocycles. The molecule has 0 aromatic rings. The first kappa shape index (κ1) is 29.3. The van der Waals surface area contributed by atoms with Gasteiger partial charge in [0.05, 0.1) is 0 Å². The van der Waals surface area contributed by atoms with Gasteiger partial charge < -0.3 is 0 Å². The maximum Gasteiger partial charge on any atom is -0.0471 e. The van der Waals surface area contributed by atoms with E-state index in [1.54, 1.807) is 6.08 Å². The molecule has 0 atom stereocenters. The smallest absolute Gasteiger partial charge is 0.0471 e. The Bertz CT molecular complexity index is 44.0. The summed E-state index contributed by atoms with van der Waals surface area (Å²) in [5.74, 6) is 0.898. The third kappa shape index (κ3) is 252. The Labute approximate surface area is 101 Å². The Morgan fingerprint density at radius 1 is 0.933 bits per heavy atom. The van der Waals surface area contributed by atoms with Gasteiger partial charge in [0.15, 0.2) is 0 Å². The van der Waals surface area contributed by atoms with Gasteiger partial charge in [0.1, 0.15) is 0 Å². The first-order valence-corrected chi connectivity index (χ1v) is 6.76. The molecule has 15 heavy (non-hydrogen) atoms. The van der Waals surface area contributed by atoms with E-state index in [-0.39, 0.29) is 0 Å². The molecular weight excluding hydrogens is 180 g/mol. The largest absolute Gasteiger partial charge is 0.103 e. The highest BCUT2D eigenvalue weighted by Crippen LogP contribution is 2.00. The summed E-state index contributed by atoms with van der Waals surface area (Å²) in [5, 5.41) is 0. The number of rotatable bonds is 2. The standard InChI is InChI=1S/C6H14.C3H6.3C2H6/c1-4-5-6(2)3;1-3-2;3*1-2/h6H,4-5H2,1-3H3;3H,1H2,2H3;3*1-2H3. The number of allylic oxidation sites excluding steroid dienone is 1. The zero-order valence-electron chi connectivity index (χ0n) is 13.3. The van der Waals surface area contributed by atoms with E-state index in [0.29, 0.717) is 0 Å². The highest BCUT2D eigenvalue weighted by molar-refractivity contribution is 4.51. The summed E-state index contributed by atoms with van der Waals surface area (Å²) in [6.07, 6.45) is 4.46. The molecule has 0 aliphatic heterocycles. The summed E-state index contributed by atoms with van der Waals surface area (Å²) in [4.78, 5) is 0. The van der Waals surface area contributed by atoms with Crippen LogP contribution in [0.2, 0.25) is 0 Å². The van der Waals surface area contributed by atoms with Crippen molar-refractivity contribution in [3.8, 4) is 0 Å². The quantitative estimate of drug-likeness (QED) is 0.452. The molecule has 0 amide bonds. The van der Waals surface area contributed by atoms with E-state index >= 15 is 0 Å². The summed E-state index contributed by atoms with van der Waals surface area (Å²) in [6, 6.07) is 0. The van der Waals surface area contributed by atoms with Crippen molar-refractivity contribution in [1.29, 1.82) is 0 Å². The van der Waals surface area contributed by atoms with Gasteiger partial charge in [-0.2, -0.15) is 0 Å². The van der Waals surface area contributed by atoms with Crippen LogP contribution in [0, 0.1) is 5.92 Å². The van der Waals surface area contributed by atoms with Gasteiger partial charge >= 0.3 is 0 Å². The average Bonchev–Trinajstić information content (AvgIpc) is 2.27. The van der Waals surface area contributed by atoms with Crippen LogP contribution in [0.3, 0.4) is 0 Å². The summed E-state index contributed by atoms with van der Waals surface area (Å²) in [5.41, 5.74) is 0. The lowest BCUT2D eigenvalue weighted by molar-refractivity contribution is 0.576. The van der Waals surface area contributed by atoms with Crippen molar-refractivity contribution in [1.82, 2.24) is 0 Å². The van der Waals surface area contributed by atoms with Gasteiger partial charge in [-0.3, -0.25) is 0 Å². The van der Waals surface area contributed by atoms with Gasteiger partial charge in [-0.25, -0.2) is 0 Å². The van der Waals surface area contributed by atoms with Crippen molar-refractivity contribution in [3.05, 3.63) is 12.7 Å². The van der Waals surface area contributed by atoms with Crippen LogP contribution in [0.4, 0.5) is 0 Å². The van der Waals surface area contributed by atoms with Crippen LogP contribution in [0.5, 0.6) is 0 Å². The average molecular weight is 218 g/mol. The van der Waals surface area contributed by atoms with Gasteiger partial charge in [-0.1, -0.05) is 81.2 Å². The lowest BCUT2D eigenvalue weighted by atomic mass is 10.1. The fourth-order valence-corrected chi connectivity index (χ4v) is 0.577. The summed E-state index contributed by atoms with van der Waals surface area (Å²) in [6.45, 7) is 24.0. The van der Waals surface area contributed by atoms with Crippen LogP contribution in [-0.2, 0) is 0 Å². The molecule has 0 N–H and O–H groups in total. The lowest BCUT2D eigenvalue weighted by Crippen LogP contribution is -1.81. The zero-order valence-corrected chi connectivity index (χ0v) is 13.3. The number of hydrogen-bond donors (Lipinski definition) is 0. The van der Waals surface area contributed by atoms with Crippen molar-refractivity contribution < 1.29 is 0 Å².